The van der Waals surface area contributed by atoms with Gasteiger partial charge in [0.15, 0.2) is 0 Å². The summed E-state index contributed by atoms with van der Waals surface area (Å²) in [5.41, 5.74) is 4.31. The van der Waals surface area contributed by atoms with Gasteiger partial charge >= 0.3 is 5.97 Å². The first-order valence-electron chi connectivity index (χ1n) is 10.5. The van der Waals surface area contributed by atoms with Crippen molar-refractivity contribution >= 4 is 11.7 Å². The Morgan fingerprint density at radius 2 is 1.84 bits per heavy atom. The highest BCUT2D eigenvalue weighted by molar-refractivity contribution is 5.99. The van der Waals surface area contributed by atoms with Crippen LogP contribution in [0.5, 0.6) is 17.2 Å². The van der Waals surface area contributed by atoms with Crippen molar-refractivity contribution in [2.24, 2.45) is 0 Å². The summed E-state index contributed by atoms with van der Waals surface area (Å²) >= 11 is 0. The number of aryl methyl sites for hydroxylation is 1. The summed E-state index contributed by atoms with van der Waals surface area (Å²) in [6.07, 6.45) is 0.0616. The van der Waals surface area contributed by atoms with Crippen LogP contribution < -0.4 is 14.2 Å². The van der Waals surface area contributed by atoms with E-state index in [-0.39, 0.29) is 18.9 Å². The fourth-order valence-corrected chi connectivity index (χ4v) is 3.65. The normalized spacial score (nSPS) is 14.3. The lowest BCUT2D eigenvalue weighted by Crippen LogP contribution is -2.11. The first-order valence-corrected chi connectivity index (χ1v) is 10.5. The number of rotatable bonds is 9. The van der Waals surface area contributed by atoms with Crippen LogP contribution in [-0.4, -0.2) is 30.0 Å². The Hall–Kier alpha value is -3.80. The van der Waals surface area contributed by atoms with Gasteiger partial charge in [0, 0.05) is 17.5 Å². The van der Waals surface area contributed by atoms with E-state index in [0.29, 0.717) is 36.2 Å². The zero-order valence-electron chi connectivity index (χ0n) is 17.8. The minimum absolute atomic E-state index is 0.0616. The van der Waals surface area contributed by atoms with E-state index in [1.54, 1.807) is 0 Å². The second kappa shape index (κ2) is 9.56. The Labute approximate surface area is 186 Å². The molecule has 1 aliphatic rings. The summed E-state index contributed by atoms with van der Waals surface area (Å²) in [5, 5.41) is 17.2. The molecule has 0 aliphatic carbocycles. The Morgan fingerprint density at radius 1 is 1.06 bits per heavy atom. The van der Waals surface area contributed by atoms with Gasteiger partial charge in [-0.15, -0.1) is 0 Å². The molecular weight excluding hydrogens is 406 g/mol. The fourth-order valence-electron chi connectivity index (χ4n) is 3.65. The maximum absolute atomic E-state index is 11.0. The van der Waals surface area contributed by atoms with E-state index < -0.39 is 5.97 Å². The van der Waals surface area contributed by atoms with Gasteiger partial charge in [-0.25, -0.2) is 0 Å². The van der Waals surface area contributed by atoms with E-state index in [0.717, 1.165) is 22.3 Å². The van der Waals surface area contributed by atoms with Crippen molar-refractivity contribution in [1.82, 2.24) is 0 Å². The quantitative estimate of drug-likeness (QED) is 0.467. The molecule has 1 unspecified atom stereocenters. The number of nitrogens with one attached hydrogen (secondary N) is 1. The maximum Gasteiger partial charge on any atom is 0.304 e. The molecule has 1 atom stereocenters. The Bertz CT molecular complexity index is 1120. The molecule has 164 valence electrons. The highest BCUT2D eigenvalue weighted by Crippen LogP contribution is 2.38. The molecule has 1 aliphatic heterocycles. The molecule has 0 bridgehead atoms. The number of fused-ring (bicyclic) bond motifs is 1. The molecule has 3 aromatic rings. The average molecular weight is 431 g/mol. The molecule has 0 saturated carbocycles. The monoisotopic (exact) mass is 431 g/mol. The molecule has 6 nitrogen and oxygen atoms in total. The smallest absolute Gasteiger partial charge is 0.304 e. The van der Waals surface area contributed by atoms with Crippen LogP contribution in [0.15, 0.2) is 66.7 Å². The van der Waals surface area contributed by atoms with E-state index in [1.165, 1.54) is 0 Å². The van der Waals surface area contributed by atoms with Crippen molar-refractivity contribution in [3.8, 4) is 17.2 Å². The first-order chi connectivity index (χ1) is 15.5. The number of aliphatic carboxylic acids is 1. The molecule has 0 amide bonds. The van der Waals surface area contributed by atoms with Gasteiger partial charge in [0.25, 0.3) is 0 Å². The van der Waals surface area contributed by atoms with Gasteiger partial charge in [0.05, 0.1) is 18.7 Å². The van der Waals surface area contributed by atoms with Gasteiger partial charge in [-0.3, -0.25) is 4.79 Å². The number of carboxylic acid groups (broad SMARTS) is 1. The predicted molar refractivity (Wildman–Crippen MR) is 121 cm³/mol. The van der Waals surface area contributed by atoms with Crippen LogP contribution in [-0.2, 0) is 11.4 Å². The molecule has 0 aromatic heterocycles. The zero-order chi connectivity index (χ0) is 22.5. The predicted octanol–water partition coefficient (Wildman–Crippen LogP) is 4.97. The SMILES string of the molecule is Cc1cccc(C(=N)COc2ccc(COc3ccc4c(c3)OCC4CC(=O)O)cc2)c1. The lowest BCUT2D eigenvalue weighted by Gasteiger charge is -2.11. The van der Waals surface area contributed by atoms with Gasteiger partial charge in [-0.05, 0) is 36.2 Å². The third kappa shape index (κ3) is 5.27. The van der Waals surface area contributed by atoms with Gasteiger partial charge in [0.1, 0.15) is 30.5 Å². The van der Waals surface area contributed by atoms with Crippen LogP contribution in [0.25, 0.3) is 0 Å². The van der Waals surface area contributed by atoms with Crippen LogP contribution in [0.4, 0.5) is 0 Å². The van der Waals surface area contributed by atoms with E-state index in [1.807, 2.05) is 73.7 Å². The lowest BCUT2D eigenvalue weighted by molar-refractivity contribution is -0.137. The molecule has 2 N–H and O–H groups in total. The first kappa shape index (κ1) is 21.4. The van der Waals surface area contributed by atoms with E-state index >= 15 is 0 Å². The van der Waals surface area contributed by atoms with E-state index in [4.69, 9.17) is 24.7 Å². The highest BCUT2D eigenvalue weighted by Gasteiger charge is 2.26. The second-order valence-electron chi connectivity index (χ2n) is 7.87. The van der Waals surface area contributed by atoms with E-state index in [2.05, 4.69) is 0 Å². The maximum atomic E-state index is 11.0. The number of carboxylic acids is 1. The fraction of sp³-hybridized carbons (Fsp3) is 0.231. The molecular formula is C26H25NO5. The van der Waals surface area contributed by atoms with Crippen LogP contribution >= 0.6 is 0 Å². The van der Waals surface area contributed by atoms with Crippen molar-refractivity contribution < 1.29 is 24.1 Å². The zero-order valence-corrected chi connectivity index (χ0v) is 17.8. The Kier molecular flexibility index (Phi) is 6.40. The van der Waals surface area contributed by atoms with Gasteiger partial charge in [0.2, 0.25) is 0 Å². The number of carbonyl (C=O) groups is 1. The Morgan fingerprint density at radius 3 is 2.59 bits per heavy atom. The third-order valence-electron chi connectivity index (χ3n) is 5.36. The van der Waals surface area contributed by atoms with Crippen LogP contribution in [0.2, 0.25) is 0 Å². The van der Waals surface area contributed by atoms with Crippen molar-refractivity contribution in [3.05, 3.63) is 89.0 Å². The molecule has 0 saturated heterocycles. The molecule has 1 heterocycles. The Balaban J connectivity index is 1.29. The minimum Gasteiger partial charge on any atom is -0.492 e. The number of benzene rings is 3. The number of hydrogen-bond acceptors (Lipinski definition) is 5. The standard InChI is InChI=1S/C26H25NO5/c1-17-3-2-4-19(11-17)24(27)16-31-21-7-5-18(6-8-21)14-30-22-9-10-23-20(12-26(28)29)15-32-25(23)13-22/h2-11,13,20,27H,12,14-16H2,1H3,(H,28,29). The molecule has 3 aromatic carbocycles. The highest BCUT2D eigenvalue weighted by atomic mass is 16.5. The van der Waals surface area contributed by atoms with Gasteiger partial charge in [-0.2, -0.15) is 0 Å². The summed E-state index contributed by atoms with van der Waals surface area (Å²) < 4.78 is 17.2. The van der Waals surface area contributed by atoms with Crippen molar-refractivity contribution in [2.45, 2.75) is 25.9 Å². The second-order valence-corrected chi connectivity index (χ2v) is 7.87. The summed E-state index contributed by atoms with van der Waals surface area (Å²) in [4.78, 5) is 11.0. The summed E-state index contributed by atoms with van der Waals surface area (Å²) in [5.74, 6) is 1.12. The lowest BCUT2D eigenvalue weighted by atomic mass is 9.98. The van der Waals surface area contributed by atoms with Crippen molar-refractivity contribution in [2.75, 3.05) is 13.2 Å². The molecule has 0 fully saturated rings. The minimum atomic E-state index is -0.828. The van der Waals surface area contributed by atoms with Crippen LogP contribution in [0.1, 0.15) is 34.6 Å². The molecule has 6 heteroatoms. The average Bonchev–Trinajstić information content (AvgIpc) is 3.18. The topological polar surface area (TPSA) is 88.8 Å². The van der Waals surface area contributed by atoms with Crippen molar-refractivity contribution in [1.29, 1.82) is 5.41 Å². The summed E-state index contributed by atoms with van der Waals surface area (Å²) in [6, 6.07) is 21.0. The molecule has 32 heavy (non-hydrogen) atoms. The largest absolute Gasteiger partial charge is 0.492 e. The summed E-state index contributed by atoms with van der Waals surface area (Å²) in [6.45, 7) is 2.98. The molecule has 4 rings (SSSR count). The molecule has 0 radical (unpaired) electrons. The third-order valence-corrected chi connectivity index (χ3v) is 5.36. The van der Waals surface area contributed by atoms with Gasteiger partial charge in [-0.1, -0.05) is 48.0 Å². The molecule has 0 spiro atoms. The number of ether oxygens (including phenoxy) is 3. The number of hydrogen-bond donors (Lipinski definition) is 2. The summed E-state index contributed by atoms with van der Waals surface area (Å²) in [7, 11) is 0. The van der Waals surface area contributed by atoms with Crippen molar-refractivity contribution in [3.63, 3.8) is 0 Å². The van der Waals surface area contributed by atoms with Crippen LogP contribution in [0, 0.1) is 12.3 Å². The van der Waals surface area contributed by atoms with Crippen LogP contribution in [0.3, 0.4) is 0 Å². The van der Waals surface area contributed by atoms with Gasteiger partial charge < -0.3 is 24.7 Å². The van der Waals surface area contributed by atoms with E-state index in [9.17, 15) is 4.79 Å².